The van der Waals surface area contributed by atoms with Crippen molar-refractivity contribution in [2.24, 2.45) is 0 Å². The van der Waals surface area contributed by atoms with Crippen LogP contribution in [0.5, 0.6) is 0 Å². The maximum Gasteiger partial charge on any atom is 0.235 e. The Labute approximate surface area is 76.4 Å². The SMILES string of the molecule is Cl[N+]1(Cl)NC2CCCC(C2)N1. The molecule has 2 fully saturated rings. The molecule has 2 atom stereocenters. The number of halogens is 2. The van der Waals surface area contributed by atoms with Crippen molar-refractivity contribution in [3.63, 3.8) is 0 Å². The predicted molar refractivity (Wildman–Crippen MR) is 44.3 cm³/mol. The van der Waals surface area contributed by atoms with Gasteiger partial charge in [-0.3, -0.25) is 0 Å². The largest absolute Gasteiger partial charge is 0.235 e. The van der Waals surface area contributed by atoms with Crippen molar-refractivity contribution >= 4 is 23.6 Å². The van der Waals surface area contributed by atoms with Crippen LogP contribution in [0, 0.1) is 0 Å². The molecule has 0 amide bonds. The number of rotatable bonds is 0. The second-order valence-corrected chi connectivity index (χ2v) is 4.52. The van der Waals surface area contributed by atoms with Crippen LogP contribution >= 0.6 is 23.6 Å². The van der Waals surface area contributed by atoms with Gasteiger partial charge in [0.25, 0.3) is 0 Å². The zero-order valence-corrected chi connectivity index (χ0v) is 7.70. The molecule has 0 aromatic rings. The van der Waals surface area contributed by atoms with Crippen LogP contribution in [-0.4, -0.2) is 15.8 Å². The molecule has 2 unspecified atom stereocenters. The molecule has 0 aromatic carbocycles. The van der Waals surface area contributed by atoms with E-state index in [1.807, 2.05) is 0 Å². The third kappa shape index (κ3) is 1.79. The fourth-order valence-electron chi connectivity index (χ4n) is 1.92. The average molecular weight is 197 g/mol. The van der Waals surface area contributed by atoms with Crippen LogP contribution in [-0.2, 0) is 0 Å². The van der Waals surface area contributed by atoms with Crippen LogP contribution < -0.4 is 10.9 Å². The molecule has 1 saturated heterocycles. The third-order valence-corrected chi connectivity index (χ3v) is 2.75. The van der Waals surface area contributed by atoms with E-state index >= 15 is 0 Å². The lowest BCUT2D eigenvalue weighted by molar-refractivity contribution is -0.810. The van der Waals surface area contributed by atoms with E-state index in [1.165, 1.54) is 19.3 Å². The zero-order valence-electron chi connectivity index (χ0n) is 6.19. The summed E-state index contributed by atoms with van der Waals surface area (Å²) in [5.41, 5.74) is 6.16. The topological polar surface area (TPSA) is 24.1 Å². The number of hydrogen-bond acceptors (Lipinski definition) is 2. The highest BCUT2D eigenvalue weighted by Crippen LogP contribution is 2.27. The van der Waals surface area contributed by atoms with Gasteiger partial charge in [0.15, 0.2) is 0 Å². The molecule has 0 spiro atoms. The summed E-state index contributed by atoms with van der Waals surface area (Å²) >= 11 is 11.7. The number of fused-ring (bicyclic) bond motifs is 2. The van der Waals surface area contributed by atoms with E-state index in [2.05, 4.69) is 10.9 Å². The van der Waals surface area contributed by atoms with E-state index in [1.54, 1.807) is 0 Å². The standard InChI is InChI=1S/C6H12Cl2N3/c7-11(8)9-5-2-1-3-6(4-5)10-11/h5-6,9-10H,1-4H2/q+1. The Morgan fingerprint density at radius 1 is 1.09 bits per heavy atom. The van der Waals surface area contributed by atoms with Gasteiger partial charge in [-0.05, 0) is 25.7 Å². The van der Waals surface area contributed by atoms with Crippen molar-refractivity contribution in [3.05, 3.63) is 0 Å². The van der Waals surface area contributed by atoms with Gasteiger partial charge in [-0.1, -0.05) is 0 Å². The van der Waals surface area contributed by atoms with Crippen LogP contribution in [0.2, 0.25) is 0 Å². The Morgan fingerprint density at radius 3 is 2.18 bits per heavy atom. The van der Waals surface area contributed by atoms with Crippen LogP contribution in [0.3, 0.4) is 0 Å². The van der Waals surface area contributed by atoms with Crippen molar-refractivity contribution in [3.8, 4) is 0 Å². The van der Waals surface area contributed by atoms with Crippen LogP contribution in [0.25, 0.3) is 0 Å². The lowest BCUT2D eigenvalue weighted by Crippen LogP contribution is -2.66. The lowest BCUT2D eigenvalue weighted by atomic mass is 9.91. The summed E-state index contributed by atoms with van der Waals surface area (Å²) in [6.07, 6.45) is 4.80. The second kappa shape index (κ2) is 2.75. The monoisotopic (exact) mass is 196 g/mol. The predicted octanol–water partition coefficient (Wildman–Crippen LogP) is 1.44. The van der Waals surface area contributed by atoms with Gasteiger partial charge in [0.05, 0.1) is 12.1 Å². The average Bonchev–Trinajstić information content (AvgIpc) is 1.82. The van der Waals surface area contributed by atoms with Crippen LogP contribution in [0.15, 0.2) is 0 Å². The third-order valence-electron chi connectivity index (χ3n) is 2.36. The fraction of sp³-hybridized carbons (Fsp3) is 1.00. The van der Waals surface area contributed by atoms with Gasteiger partial charge in [-0.25, -0.2) is 0 Å². The maximum absolute atomic E-state index is 5.85. The molecular formula is C6H12Cl2N3+. The Kier molecular flexibility index (Phi) is 2.02. The van der Waals surface area contributed by atoms with Crippen LogP contribution in [0.4, 0.5) is 0 Å². The van der Waals surface area contributed by atoms with Gasteiger partial charge in [0.1, 0.15) is 0 Å². The Bertz CT molecular complexity index is 148. The van der Waals surface area contributed by atoms with Crippen molar-refractivity contribution in [2.75, 3.05) is 0 Å². The number of quaternary nitrogens is 1. The van der Waals surface area contributed by atoms with E-state index in [4.69, 9.17) is 23.6 Å². The van der Waals surface area contributed by atoms with E-state index in [9.17, 15) is 0 Å². The molecule has 2 aliphatic rings. The van der Waals surface area contributed by atoms with Gasteiger partial charge in [-0.15, -0.1) is 10.9 Å². The first-order valence-corrected chi connectivity index (χ1v) is 4.67. The van der Waals surface area contributed by atoms with Crippen molar-refractivity contribution < 1.29 is 3.74 Å². The number of hydrogen-bond donors (Lipinski definition) is 2. The zero-order chi connectivity index (χ0) is 7.90. The molecule has 2 rings (SSSR count). The maximum atomic E-state index is 5.85. The molecule has 0 aromatic heterocycles. The molecule has 5 heteroatoms. The van der Waals surface area contributed by atoms with Gasteiger partial charge in [0.2, 0.25) is 23.6 Å². The normalized spacial score (nSPS) is 42.0. The second-order valence-electron chi connectivity index (χ2n) is 3.33. The molecular weight excluding hydrogens is 185 g/mol. The Balaban J connectivity index is 2.05. The minimum absolute atomic E-state index is 0.269. The van der Waals surface area contributed by atoms with E-state index in [0.717, 1.165) is 6.42 Å². The molecule has 1 aliphatic carbocycles. The first kappa shape index (κ1) is 8.08. The van der Waals surface area contributed by atoms with E-state index in [0.29, 0.717) is 12.1 Å². The summed E-state index contributed by atoms with van der Waals surface area (Å²) in [4.78, 5) is 0. The fourth-order valence-corrected chi connectivity index (χ4v) is 2.47. The highest BCUT2D eigenvalue weighted by atomic mass is 35.5. The van der Waals surface area contributed by atoms with E-state index < -0.39 is 0 Å². The number of nitrogens with one attached hydrogen (secondary N) is 2. The van der Waals surface area contributed by atoms with Gasteiger partial charge in [0, 0.05) is 3.74 Å². The quantitative estimate of drug-likeness (QED) is 0.574. The first-order chi connectivity index (χ1) is 5.16. The summed E-state index contributed by atoms with van der Waals surface area (Å²) in [6, 6.07) is 0.981. The highest BCUT2D eigenvalue weighted by Gasteiger charge is 2.41. The van der Waals surface area contributed by atoms with Gasteiger partial charge < -0.3 is 0 Å². The molecule has 3 nitrogen and oxygen atoms in total. The lowest BCUT2D eigenvalue weighted by Gasteiger charge is -2.38. The molecule has 2 bridgehead atoms. The summed E-state index contributed by atoms with van der Waals surface area (Å²) in [5.74, 6) is 0. The minimum Gasteiger partial charge on any atom is -0.108 e. The van der Waals surface area contributed by atoms with Gasteiger partial charge >= 0.3 is 0 Å². The molecule has 1 heterocycles. The summed E-state index contributed by atoms with van der Waals surface area (Å²) < 4.78 is -0.269. The molecule has 64 valence electrons. The van der Waals surface area contributed by atoms with Crippen molar-refractivity contribution in [2.45, 2.75) is 37.8 Å². The van der Waals surface area contributed by atoms with Crippen molar-refractivity contribution in [1.29, 1.82) is 0 Å². The molecule has 11 heavy (non-hydrogen) atoms. The summed E-state index contributed by atoms with van der Waals surface area (Å²) in [5, 5.41) is 0. The van der Waals surface area contributed by atoms with Gasteiger partial charge in [-0.2, -0.15) is 0 Å². The summed E-state index contributed by atoms with van der Waals surface area (Å²) in [6.45, 7) is 0. The van der Waals surface area contributed by atoms with E-state index in [-0.39, 0.29) is 3.74 Å². The minimum atomic E-state index is -0.269. The molecule has 0 radical (unpaired) electrons. The first-order valence-electron chi connectivity index (χ1n) is 4.00. The highest BCUT2D eigenvalue weighted by molar-refractivity contribution is 6.22. The Morgan fingerprint density at radius 2 is 1.64 bits per heavy atom. The van der Waals surface area contributed by atoms with Crippen LogP contribution in [0.1, 0.15) is 25.7 Å². The van der Waals surface area contributed by atoms with Crippen molar-refractivity contribution in [1.82, 2.24) is 10.9 Å². The Hall–Kier alpha value is 0.460. The molecule has 2 N–H and O–H groups in total. The molecule has 1 saturated carbocycles. The summed E-state index contributed by atoms with van der Waals surface area (Å²) in [7, 11) is 0. The number of nitrogens with zero attached hydrogens (tertiary/aromatic N) is 1. The smallest absolute Gasteiger partial charge is 0.108 e. The molecule has 1 aliphatic heterocycles.